The number of carbonyl (C=O) groups is 3. The molecule has 0 radical (unpaired) electrons. The zero-order valence-corrected chi connectivity index (χ0v) is 21.9. The molecule has 196 valence electrons. The largest absolute Gasteiger partial charge is 0.322 e. The molecular formula is C28H33N3O5S. The molecule has 1 unspecified atom stereocenters. The van der Waals surface area contributed by atoms with Crippen molar-refractivity contribution >= 4 is 27.6 Å². The lowest BCUT2D eigenvalue weighted by Gasteiger charge is -2.33. The van der Waals surface area contributed by atoms with Gasteiger partial charge in [0.1, 0.15) is 6.04 Å². The smallest absolute Gasteiger partial charge is 0.255 e. The van der Waals surface area contributed by atoms with E-state index in [2.05, 4.69) is 16.7 Å². The van der Waals surface area contributed by atoms with Crippen LogP contribution in [-0.4, -0.2) is 49.4 Å². The third kappa shape index (κ3) is 5.62. The molecule has 1 saturated carbocycles. The summed E-state index contributed by atoms with van der Waals surface area (Å²) in [4.78, 5) is 38.7. The number of benzene rings is 2. The Balaban J connectivity index is 1.23. The van der Waals surface area contributed by atoms with Crippen LogP contribution in [0, 0.1) is 5.92 Å². The molecule has 2 fully saturated rings. The Morgan fingerprint density at radius 1 is 0.973 bits per heavy atom. The van der Waals surface area contributed by atoms with Gasteiger partial charge in [-0.2, -0.15) is 0 Å². The van der Waals surface area contributed by atoms with Crippen molar-refractivity contribution in [1.82, 2.24) is 15.5 Å². The third-order valence-corrected chi connectivity index (χ3v) is 9.04. The minimum atomic E-state index is -3.20. The first kappa shape index (κ1) is 25.6. The van der Waals surface area contributed by atoms with Gasteiger partial charge in [-0.1, -0.05) is 37.1 Å². The first-order chi connectivity index (χ1) is 17.7. The third-order valence-electron chi connectivity index (χ3n) is 7.91. The van der Waals surface area contributed by atoms with Crippen molar-refractivity contribution < 1.29 is 22.8 Å². The normalized spacial score (nSPS) is 24.2. The number of rotatable bonds is 7. The van der Waals surface area contributed by atoms with E-state index in [-0.39, 0.29) is 24.1 Å². The molecular weight excluding hydrogens is 490 g/mol. The first-order valence-corrected chi connectivity index (χ1v) is 14.9. The Labute approximate surface area is 217 Å². The van der Waals surface area contributed by atoms with Crippen LogP contribution in [0.2, 0.25) is 0 Å². The molecule has 0 spiro atoms. The molecule has 2 heterocycles. The van der Waals surface area contributed by atoms with Crippen LogP contribution in [0.15, 0.2) is 47.4 Å². The van der Waals surface area contributed by atoms with Crippen molar-refractivity contribution in [3.8, 4) is 0 Å². The highest BCUT2D eigenvalue weighted by molar-refractivity contribution is 7.90. The number of nitrogens with one attached hydrogen (secondary N) is 2. The number of piperidine rings is 1. The highest BCUT2D eigenvalue weighted by Gasteiger charge is 2.39. The van der Waals surface area contributed by atoms with Crippen LogP contribution in [0.3, 0.4) is 0 Å². The van der Waals surface area contributed by atoms with Gasteiger partial charge in [-0.25, -0.2) is 8.42 Å². The molecule has 9 heteroatoms. The van der Waals surface area contributed by atoms with Crippen LogP contribution in [-0.2, 0) is 38.9 Å². The maximum absolute atomic E-state index is 13.0. The molecule has 1 saturated heterocycles. The van der Waals surface area contributed by atoms with Gasteiger partial charge in [0.25, 0.3) is 5.91 Å². The summed E-state index contributed by atoms with van der Waals surface area (Å²) in [6.07, 6.45) is 7.34. The van der Waals surface area contributed by atoms with Gasteiger partial charge in [-0.15, -0.1) is 0 Å². The minimum Gasteiger partial charge on any atom is -0.322 e. The van der Waals surface area contributed by atoms with Gasteiger partial charge >= 0.3 is 0 Å². The molecule has 2 aliphatic heterocycles. The average molecular weight is 524 g/mol. The van der Waals surface area contributed by atoms with Gasteiger partial charge in [-0.3, -0.25) is 19.7 Å². The van der Waals surface area contributed by atoms with Gasteiger partial charge in [0.2, 0.25) is 11.8 Å². The van der Waals surface area contributed by atoms with Crippen molar-refractivity contribution in [1.29, 1.82) is 0 Å². The zero-order chi connectivity index (χ0) is 26.2. The number of hydrogen-bond donors (Lipinski definition) is 2. The quantitative estimate of drug-likeness (QED) is 0.540. The number of carbonyl (C=O) groups excluding carboxylic acids is 3. The van der Waals surface area contributed by atoms with E-state index in [0.717, 1.165) is 30.4 Å². The highest BCUT2D eigenvalue weighted by atomic mass is 32.2. The van der Waals surface area contributed by atoms with Crippen molar-refractivity contribution in [2.24, 2.45) is 5.92 Å². The predicted octanol–water partition coefficient (Wildman–Crippen LogP) is 2.74. The van der Waals surface area contributed by atoms with Gasteiger partial charge in [0, 0.05) is 37.4 Å². The van der Waals surface area contributed by atoms with Crippen LogP contribution < -0.4 is 10.6 Å². The van der Waals surface area contributed by atoms with E-state index in [1.54, 1.807) is 17.0 Å². The lowest BCUT2D eigenvalue weighted by molar-refractivity contribution is -0.136. The number of hydrogen-bond acceptors (Lipinski definition) is 6. The summed E-state index contributed by atoms with van der Waals surface area (Å²) < 4.78 is 23.4. The van der Waals surface area contributed by atoms with Gasteiger partial charge < -0.3 is 10.2 Å². The predicted molar refractivity (Wildman–Crippen MR) is 138 cm³/mol. The monoisotopic (exact) mass is 523 g/mol. The molecule has 3 aliphatic rings. The molecule has 0 bridgehead atoms. The second-order valence-corrected chi connectivity index (χ2v) is 12.6. The zero-order valence-electron chi connectivity index (χ0n) is 21.0. The van der Waals surface area contributed by atoms with Crippen LogP contribution in [0.1, 0.15) is 65.6 Å². The van der Waals surface area contributed by atoms with E-state index in [9.17, 15) is 22.8 Å². The summed E-state index contributed by atoms with van der Waals surface area (Å²) in [6.45, 7) is 1.08. The molecule has 8 nitrogen and oxygen atoms in total. The molecule has 3 atom stereocenters. The van der Waals surface area contributed by atoms with Crippen LogP contribution >= 0.6 is 0 Å². The lowest BCUT2D eigenvalue weighted by Crippen LogP contribution is -2.52. The summed E-state index contributed by atoms with van der Waals surface area (Å²) in [5.74, 6) is -0.352. The Kier molecular flexibility index (Phi) is 7.18. The van der Waals surface area contributed by atoms with E-state index in [1.807, 2.05) is 24.3 Å². The highest BCUT2D eigenvalue weighted by Crippen LogP contribution is 2.32. The molecule has 3 amide bonds. The van der Waals surface area contributed by atoms with E-state index >= 15 is 0 Å². The van der Waals surface area contributed by atoms with E-state index in [4.69, 9.17) is 0 Å². The number of fused-ring (bicyclic) bond motifs is 1. The SMILES string of the molecule is CS(=O)(=O)c1ccc(CN[C@H]2CCCC[C@@H]2Cc2ccc3c(c2)CN(C2CCC(=O)NC2=O)C3=O)cc1. The molecule has 5 rings (SSSR count). The van der Waals surface area contributed by atoms with Crippen LogP contribution in [0.5, 0.6) is 0 Å². The first-order valence-electron chi connectivity index (χ1n) is 13.0. The molecule has 2 N–H and O–H groups in total. The van der Waals surface area contributed by atoms with Crippen LogP contribution in [0.4, 0.5) is 0 Å². The molecule has 0 aromatic heterocycles. The van der Waals surface area contributed by atoms with Crippen molar-refractivity contribution in [3.05, 3.63) is 64.7 Å². The van der Waals surface area contributed by atoms with E-state index in [1.165, 1.54) is 24.7 Å². The van der Waals surface area contributed by atoms with Crippen molar-refractivity contribution in [2.75, 3.05) is 6.26 Å². The Morgan fingerprint density at radius 3 is 2.43 bits per heavy atom. The van der Waals surface area contributed by atoms with Crippen molar-refractivity contribution in [3.63, 3.8) is 0 Å². The number of nitrogens with zero attached hydrogens (tertiary/aromatic N) is 1. The van der Waals surface area contributed by atoms with Gasteiger partial charge in [0.15, 0.2) is 9.84 Å². The van der Waals surface area contributed by atoms with Crippen molar-refractivity contribution in [2.45, 2.75) is 75.0 Å². The van der Waals surface area contributed by atoms with E-state index < -0.39 is 15.9 Å². The fourth-order valence-electron chi connectivity index (χ4n) is 5.88. The van der Waals surface area contributed by atoms with Gasteiger partial charge in [-0.05, 0) is 66.5 Å². The maximum atomic E-state index is 13.0. The van der Waals surface area contributed by atoms with Gasteiger partial charge in [0.05, 0.1) is 4.90 Å². The Morgan fingerprint density at radius 2 is 1.70 bits per heavy atom. The second-order valence-electron chi connectivity index (χ2n) is 10.5. The molecule has 37 heavy (non-hydrogen) atoms. The number of imide groups is 1. The lowest BCUT2D eigenvalue weighted by atomic mass is 9.80. The summed E-state index contributed by atoms with van der Waals surface area (Å²) in [6, 6.07) is 12.8. The Hall–Kier alpha value is -3.04. The topological polar surface area (TPSA) is 113 Å². The molecule has 2 aromatic rings. The summed E-state index contributed by atoms with van der Waals surface area (Å²) >= 11 is 0. The van der Waals surface area contributed by atoms with Crippen LogP contribution in [0.25, 0.3) is 0 Å². The fourth-order valence-corrected chi connectivity index (χ4v) is 6.51. The summed E-state index contributed by atoms with van der Waals surface area (Å²) in [5.41, 5.74) is 3.83. The minimum absolute atomic E-state index is 0.143. The second kappa shape index (κ2) is 10.4. The molecule has 1 aliphatic carbocycles. The standard InChI is InChI=1S/C28H33N3O5S/c1-37(35,36)22-9-6-18(7-10-22)16-29-24-5-3-2-4-20(24)14-19-8-11-23-21(15-19)17-31(28(23)34)25-12-13-26(32)30-27(25)33/h6-11,15,20,24-25,29H,2-5,12-14,16-17H2,1H3,(H,30,32,33)/t20-,24+,25?/m1/s1. The number of sulfone groups is 1. The summed E-state index contributed by atoms with van der Waals surface area (Å²) in [5, 5.41) is 6.05. The maximum Gasteiger partial charge on any atom is 0.255 e. The number of amides is 3. The van der Waals surface area contributed by atoms with E-state index in [0.29, 0.717) is 41.9 Å². The average Bonchev–Trinajstić information content (AvgIpc) is 3.18. The summed E-state index contributed by atoms with van der Waals surface area (Å²) in [7, 11) is -3.20. The Bertz CT molecular complexity index is 1320. The molecule has 2 aromatic carbocycles. The fraction of sp³-hybridized carbons (Fsp3) is 0.464.